The lowest BCUT2D eigenvalue weighted by atomic mass is 10.1. The SMILES string of the molecule is CN1C(=O)Cc2cc(C(=O)Nc3ccc(C(N)=O)cc3)ccc21. The van der Waals surface area contributed by atoms with Gasteiger partial charge in [-0.25, -0.2) is 0 Å². The molecule has 0 unspecified atom stereocenters. The van der Waals surface area contributed by atoms with Gasteiger partial charge in [-0.3, -0.25) is 14.4 Å². The highest BCUT2D eigenvalue weighted by Crippen LogP contribution is 2.28. The zero-order chi connectivity index (χ0) is 16.6. The van der Waals surface area contributed by atoms with Gasteiger partial charge in [0.1, 0.15) is 0 Å². The lowest BCUT2D eigenvalue weighted by Crippen LogP contribution is -2.20. The Morgan fingerprint density at radius 2 is 1.74 bits per heavy atom. The van der Waals surface area contributed by atoms with Gasteiger partial charge in [-0.15, -0.1) is 0 Å². The first-order valence-electron chi connectivity index (χ1n) is 7.06. The van der Waals surface area contributed by atoms with Crippen LogP contribution in [-0.4, -0.2) is 24.8 Å². The van der Waals surface area contributed by atoms with Crippen LogP contribution in [0.15, 0.2) is 42.5 Å². The Balaban J connectivity index is 1.78. The van der Waals surface area contributed by atoms with Crippen molar-refractivity contribution in [1.82, 2.24) is 0 Å². The summed E-state index contributed by atoms with van der Waals surface area (Å²) in [5, 5.41) is 2.75. The number of amides is 3. The minimum Gasteiger partial charge on any atom is -0.366 e. The number of rotatable bonds is 3. The first kappa shape index (κ1) is 14.8. The predicted molar refractivity (Wildman–Crippen MR) is 86.5 cm³/mol. The third-order valence-electron chi connectivity index (χ3n) is 3.85. The van der Waals surface area contributed by atoms with Crippen LogP contribution >= 0.6 is 0 Å². The van der Waals surface area contributed by atoms with Gasteiger partial charge in [0.25, 0.3) is 5.91 Å². The maximum atomic E-state index is 12.3. The number of nitrogens with one attached hydrogen (secondary N) is 1. The van der Waals surface area contributed by atoms with Gasteiger partial charge in [0.15, 0.2) is 0 Å². The number of hydrogen-bond donors (Lipinski definition) is 2. The van der Waals surface area contributed by atoms with Crippen LogP contribution in [0.5, 0.6) is 0 Å². The largest absolute Gasteiger partial charge is 0.366 e. The third-order valence-corrected chi connectivity index (χ3v) is 3.85. The number of benzene rings is 2. The summed E-state index contributed by atoms with van der Waals surface area (Å²) in [6.07, 6.45) is 0.306. The first-order valence-corrected chi connectivity index (χ1v) is 7.06. The van der Waals surface area contributed by atoms with E-state index in [1.807, 2.05) is 0 Å². The van der Waals surface area contributed by atoms with Crippen molar-refractivity contribution in [3.05, 3.63) is 59.2 Å². The first-order chi connectivity index (χ1) is 11.0. The van der Waals surface area contributed by atoms with Gasteiger partial charge in [-0.05, 0) is 48.0 Å². The number of primary amides is 1. The number of carbonyl (C=O) groups excluding carboxylic acids is 3. The second kappa shape index (κ2) is 5.57. The molecule has 1 heterocycles. The lowest BCUT2D eigenvalue weighted by Gasteiger charge is -2.11. The lowest BCUT2D eigenvalue weighted by molar-refractivity contribution is -0.117. The normalized spacial score (nSPS) is 12.9. The summed E-state index contributed by atoms with van der Waals surface area (Å²) in [6, 6.07) is 11.5. The summed E-state index contributed by atoms with van der Waals surface area (Å²) in [4.78, 5) is 36.6. The van der Waals surface area contributed by atoms with E-state index in [1.165, 1.54) is 0 Å². The fourth-order valence-electron chi connectivity index (χ4n) is 2.53. The van der Waals surface area contributed by atoms with E-state index in [9.17, 15) is 14.4 Å². The van der Waals surface area contributed by atoms with E-state index in [1.54, 1.807) is 54.4 Å². The van der Waals surface area contributed by atoms with E-state index in [0.29, 0.717) is 23.2 Å². The molecule has 3 rings (SSSR count). The monoisotopic (exact) mass is 309 g/mol. The number of anilines is 2. The number of carbonyl (C=O) groups is 3. The third kappa shape index (κ3) is 2.78. The number of nitrogens with two attached hydrogens (primary N) is 1. The summed E-state index contributed by atoms with van der Waals surface area (Å²) < 4.78 is 0. The summed E-state index contributed by atoms with van der Waals surface area (Å²) >= 11 is 0. The van der Waals surface area contributed by atoms with Crippen molar-refractivity contribution in [2.24, 2.45) is 5.73 Å². The second-order valence-corrected chi connectivity index (χ2v) is 5.37. The van der Waals surface area contributed by atoms with Gasteiger partial charge in [-0.1, -0.05) is 0 Å². The van der Waals surface area contributed by atoms with Crippen molar-refractivity contribution < 1.29 is 14.4 Å². The average molecular weight is 309 g/mol. The van der Waals surface area contributed by atoms with Crippen LogP contribution in [0, 0.1) is 0 Å². The van der Waals surface area contributed by atoms with E-state index in [-0.39, 0.29) is 11.8 Å². The molecule has 0 saturated heterocycles. The summed E-state index contributed by atoms with van der Waals surface area (Å²) in [5.41, 5.74) is 8.26. The smallest absolute Gasteiger partial charge is 0.255 e. The molecule has 2 aromatic carbocycles. The molecule has 6 heteroatoms. The Hall–Kier alpha value is -3.15. The van der Waals surface area contributed by atoms with E-state index in [2.05, 4.69) is 5.32 Å². The summed E-state index contributed by atoms with van der Waals surface area (Å²) in [5.74, 6) is -0.781. The second-order valence-electron chi connectivity index (χ2n) is 5.37. The number of likely N-dealkylation sites (N-methyl/N-ethyl adjacent to an activating group) is 1. The van der Waals surface area contributed by atoms with Gasteiger partial charge in [0.2, 0.25) is 11.8 Å². The van der Waals surface area contributed by atoms with Gasteiger partial charge < -0.3 is 16.0 Å². The molecular formula is C17H15N3O3. The molecule has 0 aromatic heterocycles. The number of hydrogen-bond acceptors (Lipinski definition) is 3. The van der Waals surface area contributed by atoms with Crippen molar-refractivity contribution >= 4 is 29.1 Å². The molecule has 0 bridgehead atoms. The number of fused-ring (bicyclic) bond motifs is 1. The zero-order valence-electron chi connectivity index (χ0n) is 12.5. The van der Waals surface area contributed by atoms with Crippen molar-refractivity contribution in [3.63, 3.8) is 0 Å². The van der Waals surface area contributed by atoms with Crippen LogP contribution < -0.4 is 16.0 Å². The molecule has 6 nitrogen and oxygen atoms in total. The Kier molecular flexibility index (Phi) is 3.57. The maximum absolute atomic E-state index is 12.3. The summed E-state index contributed by atoms with van der Waals surface area (Å²) in [6.45, 7) is 0. The van der Waals surface area contributed by atoms with Crippen LogP contribution in [0.4, 0.5) is 11.4 Å². The quantitative estimate of drug-likeness (QED) is 0.901. The number of nitrogens with zero attached hydrogens (tertiary/aromatic N) is 1. The molecule has 0 saturated carbocycles. The van der Waals surface area contributed by atoms with Crippen LogP contribution in [0.25, 0.3) is 0 Å². The summed E-state index contributed by atoms with van der Waals surface area (Å²) in [7, 11) is 1.72. The van der Waals surface area contributed by atoms with E-state index >= 15 is 0 Å². The molecule has 2 aromatic rings. The Morgan fingerprint density at radius 3 is 2.39 bits per heavy atom. The predicted octanol–water partition coefficient (Wildman–Crippen LogP) is 1.56. The van der Waals surface area contributed by atoms with Crippen molar-refractivity contribution in [1.29, 1.82) is 0 Å². The Labute approximate surface area is 132 Å². The Morgan fingerprint density at radius 1 is 1.09 bits per heavy atom. The Bertz CT molecular complexity index is 812. The van der Waals surface area contributed by atoms with Gasteiger partial charge >= 0.3 is 0 Å². The molecule has 3 N–H and O–H groups in total. The molecular weight excluding hydrogens is 294 g/mol. The van der Waals surface area contributed by atoms with Crippen LogP contribution in [0.1, 0.15) is 26.3 Å². The molecule has 0 atom stereocenters. The molecule has 3 amide bonds. The van der Waals surface area contributed by atoms with Crippen LogP contribution in [0.3, 0.4) is 0 Å². The van der Waals surface area contributed by atoms with E-state index in [4.69, 9.17) is 5.73 Å². The van der Waals surface area contributed by atoms with Crippen molar-refractivity contribution in [3.8, 4) is 0 Å². The minimum atomic E-state index is -0.518. The molecule has 1 aliphatic heterocycles. The van der Waals surface area contributed by atoms with Gasteiger partial charge in [-0.2, -0.15) is 0 Å². The maximum Gasteiger partial charge on any atom is 0.255 e. The topological polar surface area (TPSA) is 92.5 Å². The highest BCUT2D eigenvalue weighted by Gasteiger charge is 2.24. The highest BCUT2D eigenvalue weighted by atomic mass is 16.2. The van der Waals surface area contributed by atoms with Gasteiger partial charge in [0.05, 0.1) is 6.42 Å². The molecule has 0 spiro atoms. The molecule has 23 heavy (non-hydrogen) atoms. The fraction of sp³-hybridized carbons (Fsp3) is 0.118. The molecule has 0 aliphatic carbocycles. The van der Waals surface area contributed by atoms with Crippen molar-refractivity contribution in [2.75, 3.05) is 17.3 Å². The zero-order valence-corrected chi connectivity index (χ0v) is 12.5. The fourth-order valence-corrected chi connectivity index (χ4v) is 2.53. The molecule has 0 fully saturated rings. The van der Waals surface area contributed by atoms with E-state index in [0.717, 1.165) is 11.3 Å². The highest BCUT2D eigenvalue weighted by molar-refractivity contribution is 6.07. The van der Waals surface area contributed by atoms with Crippen LogP contribution in [0.2, 0.25) is 0 Å². The molecule has 1 aliphatic rings. The van der Waals surface area contributed by atoms with Gasteiger partial charge in [0, 0.05) is 29.5 Å². The minimum absolute atomic E-state index is 0.0135. The van der Waals surface area contributed by atoms with Crippen molar-refractivity contribution in [2.45, 2.75) is 6.42 Å². The standard InChI is InChI=1S/C17H15N3O3/c1-20-14-7-4-11(8-12(14)9-15(20)21)17(23)19-13-5-2-10(3-6-13)16(18)22/h2-8H,9H2,1H3,(H2,18,22)(H,19,23). The van der Waals surface area contributed by atoms with E-state index < -0.39 is 5.91 Å². The molecule has 0 radical (unpaired) electrons. The van der Waals surface area contributed by atoms with Crippen LogP contribution in [-0.2, 0) is 11.2 Å². The average Bonchev–Trinajstić information content (AvgIpc) is 2.82. The molecule has 116 valence electrons.